The first-order valence-corrected chi connectivity index (χ1v) is 10.8. The summed E-state index contributed by atoms with van der Waals surface area (Å²) in [4.78, 5) is 17.1. The molecular formula is C25H25F2N3O3. The molecule has 1 saturated heterocycles. The summed E-state index contributed by atoms with van der Waals surface area (Å²) < 4.78 is 34.9. The molecule has 1 fully saturated rings. The smallest absolute Gasteiger partial charge is 0.326 e. The molecule has 4 rings (SSSR count). The highest BCUT2D eigenvalue weighted by atomic mass is 19.1. The molecule has 0 saturated carbocycles. The van der Waals surface area contributed by atoms with Crippen LogP contribution in [0, 0.1) is 18.6 Å². The van der Waals surface area contributed by atoms with Crippen LogP contribution in [0.5, 0.6) is 11.6 Å². The van der Waals surface area contributed by atoms with Crippen molar-refractivity contribution in [2.75, 3.05) is 11.4 Å². The second-order valence-corrected chi connectivity index (χ2v) is 8.17. The Kier molecular flexibility index (Phi) is 6.55. The highest BCUT2D eigenvalue weighted by Gasteiger charge is 2.32. The topological polar surface area (TPSA) is 88.7 Å². The van der Waals surface area contributed by atoms with Crippen LogP contribution in [0.1, 0.15) is 30.4 Å². The maximum absolute atomic E-state index is 14.6. The number of benzene rings is 2. The number of hydrogen-bond donors (Lipinski definition) is 2. The minimum absolute atomic E-state index is 0.220. The Morgan fingerprint density at radius 3 is 2.73 bits per heavy atom. The Morgan fingerprint density at radius 2 is 1.97 bits per heavy atom. The molecule has 1 aliphatic rings. The van der Waals surface area contributed by atoms with Gasteiger partial charge in [-0.25, -0.2) is 13.6 Å². The van der Waals surface area contributed by atoms with Crippen molar-refractivity contribution in [1.82, 2.24) is 4.98 Å². The molecule has 0 amide bonds. The molecule has 1 atom stereocenters. The molecule has 33 heavy (non-hydrogen) atoms. The zero-order chi connectivity index (χ0) is 23.5. The predicted molar refractivity (Wildman–Crippen MR) is 121 cm³/mol. The number of anilines is 1. The van der Waals surface area contributed by atoms with Gasteiger partial charge in [-0.3, -0.25) is 0 Å². The zero-order valence-electron chi connectivity index (χ0n) is 18.2. The number of carbonyl (C=O) groups is 1. The van der Waals surface area contributed by atoms with Gasteiger partial charge in [0.25, 0.3) is 5.88 Å². The second kappa shape index (κ2) is 9.54. The monoisotopic (exact) mass is 453 g/mol. The molecule has 172 valence electrons. The van der Waals surface area contributed by atoms with E-state index in [-0.39, 0.29) is 5.82 Å². The lowest BCUT2D eigenvalue weighted by molar-refractivity contribution is -0.139. The number of halogens is 2. The van der Waals surface area contributed by atoms with Crippen molar-refractivity contribution < 1.29 is 23.4 Å². The third-order valence-corrected chi connectivity index (χ3v) is 5.70. The largest absolute Gasteiger partial charge is 0.480 e. The Balaban J connectivity index is 1.69. The van der Waals surface area contributed by atoms with Gasteiger partial charge in [0, 0.05) is 19.2 Å². The van der Waals surface area contributed by atoms with E-state index in [1.165, 1.54) is 4.90 Å². The predicted octanol–water partition coefficient (Wildman–Crippen LogP) is 5.03. The molecule has 2 aromatic carbocycles. The van der Waals surface area contributed by atoms with Crippen LogP contribution in [0.2, 0.25) is 0 Å². The quantitative estimate of drug-likeness (QED) is 0.544. The summed E-state index contributed by atoms with van der Waals surface area (Å²) in [6.45, 7) is 2.61. The second-order valence-electron chi connectivity index (χ2n) is 8.17. The molecule has 0 bridgehead atoms. The number of nitrogens with two attached hydrogens (primary N) is 1. The number of aliphatic carboxylic acids is 1. The number of aryl methyl sites for hydroxylation is 1. The first-order chi connectivity index (χ1) is 15.9. The Labute approximate surface area is 190 Å². The summed E-state index contributed by atoms with van der Waals surface area (Å²) in [5.41, 5.74) is 9.38. The minimum atomic E-state index is -1.06. The molecule has 1 aliphatic heterocycles. The van der Waals surface area contributed by atoms with E-state index in [9.17, 15) is 18.7 Å². The van der Waals surface area contributed by atoms with Crippen LogP contribution >= 0.6 is 0 Å². The van der Waals surface area contributed by atoms with Gasteiger partial charge in [-0.05, 0) is 66.6 Å². The molecule has 1 unspecified atom stereocenters. The molecule has 6 nitrogen and oxygen atoms in total. The number of carboxylic acid groups (broad SMARTS) is 1. The van der Waals surface area contributed by atoms with Gasteiger partial charge in [0.2, 0.25) is 0 Å². The van der Waals surface area contributed by atoms with Gasteiger partial charge in [-0.2, -0.15) is 4.98 Å². The maximum Gasteiger partial charge on any atom is 0.326 e. The third kappa shape index (κ3) is 4.96. The van der Waals surface area contributed by atoms with Gasteiger partial charge in [-0.15, -0.1) is 0 Å². The summed E-state index contributed by atoms with van der Waals surface area (Å²) in [6.07, 6.45) is 1.78. The van der Waals surface area contributed by atoms with Crippen molar-refractivity contribution in [3.8, 4) is 22.8 Å². The van der Waals surface area contributed by atoms with Crippen molar-refractivity contribution in [3.63, 3.8) is 0 Å². The Morgan fingerprint density at radius 1 is 1.15 bits per heavy atom. The van der Waals surface area contributed by atoms with Gasteiger partial charge in [-0.1, -0.05) is 24.3 Å². The molecule has 3 aromatic rings. The van der Waals surface area contributed by atoms with Crippen LogP contribution < -0.4 is 15.4 Å². The van der Waals surface area contributed by atoms with Crippen molar-refractivity contribution in [3.05, 3.63) is 71.3 Å². The number of carboxylic acids is 1. The number of hydrogen-bond acceptors (Lipinski definition) is 5. The van der Waals surface area contributed by atoms with Crippen molar-refractivity contribution in [2.45, 2.75) is 38.8 Å². The van der Waals surface area contributed by atoms with E-state index >= 15 is 0 Å². The van der Waals surface area contributed by atoms with E-state index in [0.29, 0.717) is 37.7 Å². The summed E-state index contributed by atoms with van der Waals surface area (Å²) in [6, 6.07) is 13.0. The lowest BCUT2D eigenvalue weighted by atomic mass is 10.0. The standard InChI is InChI=1S/C25H25F2N3O3/c1-15-9-18(17-6-4-5-16(11-17)14-28)12-19(10-15)33-24-21(27)13-20(26)23(29-24)30-8-3-2-7-22(30)25(31)32/h4-6,9-13,22H,2-3,7-8,14,28H2,1H3,(H,31,32). The van der Waals surface area contributed by atoms with Gasteiger partial charge in [0.1, 0.15) is 11.8 Å². The lowest BCUT2D eigenvalue weighted by Gasteiger charge is -2.34. The number of aromatic nitrogens is 1. The highest BCUT2D eigenvalue weighted by molar-refractivity contribution is 5.78. The number of nitrogens with zero attached hydrogens (tertiary/aromatic N) is 2. The molecular weight excluding hydrogens is 428 g/mol. The van der Waals surface area contributed by atoms with E-state index in [2.05, 4.69) is 4.98 Å². The molecule has 0 aliphatic carbocycles. The van der Waals surface area contributed by atoms with Gasteiger partial charge < -0.3 is 20.5 Å². The van der Waals surface area contributed by atoms with Crippen LogP contribution in [-0.2, 0) is 11.3 Å². The van der Waals surface area contributed by atoms with E-state index in [4.69, 9.17) is 10.5 Å². The average molecular weight is 453 g/mol. The molecule has 3 N–H and O–H groups in total. The van der Waals surface area contributed by atoms with Gasteiger partial charge in [0.05, 0.1) is 0 Å². The van der Waals surface area contributed by atoms with Crippen molar-refractivity contribution in [1.29, 1.82) is 0 Å². The Hall–Kier alpha value is -3.52. The Bertz CT molecular complexity index is 1190. The van der Waals surface area contributed by atoms with E-state index in [1.807, 2.05) is 37.3 Å². The summed E-state index contributed by atoms with van der Waals surface area (Å²) >= 11 is 0. The normalized spacial score (nSPS) is 16.0. The average Bonchev–Trinajstić information content (AvgIpc) is 2.80. The molecule has 1 aromatic heterocycles. The highest BCUT2D eigenvalue weighted by Crippen LogP contribution is 2.33. The number of pyridine rings is 1. The molecule has 0 spiro atoms. The minimum Gasteiger partial charge on any atom is -0.480 e. The van der Waals surface area contributed by atoms with Crippen LogP contribution in [0.4, 0.5) is 14.6 Å². The summed E-state index contributed by atoms with van der Waals surface area (Å²) in [5, 5.41) is 9.52. The number of piperidine rings is 1. The summed E-state index contributed by atoms with van der Waals surface area (Å²) in [5.74, 6) is -3.24. The van der Waals surface area contributed by atoms with Crippen LogP contribution in [-0.4, -0.2) is 28.6 Å². The molecule has 2 heterocycles. The van der Waals surface area contributed by atoms with Crippen molar-refractivity contribution in [2.24, 2.45) is 5.73 Å². The SMILES string of the molecule is Cc1cc(Oc2nc(N3CCCCC3C(=O)O)c(F)cc2F)cc(-c2cccc(CN)c2)c1. The van der Waals surface area contributed by atoms with Crippen LogP contribution in [0.25, 0.3) is 11.1 Å². The summed E-state index contributed by atoms with van der Waals surface area (Å²) in [7, 11) is 0. The number of ether oxygens (including phenoxy) is 1. The fraction of sp³-hybridized carbons (Fsp3) is 0.280. The van der Waals surface area contributed by atoms with E-state index in [1.54, 1.807) is 12.1 Å². The van der Waals surface area contributed by atoms with Crippen LogP contribution in [0.3, 0.4) is 0 Å². The zero-order valence-corrected chi connectivity index (χ0v) is 18.2. The fourth-order valence-electron chi connectivity index (χ4n) is 4.12. The fourth-order valence-corrected chi connectivity index (χ4v) is 4.12. The van der Waals surface area contributed by atoms with Crippen molar-refractivity contribution >= 4 is 11.8 Å². The maximum atomic E-state index is 14.6. The first-order valence-electron chi connectivity index (χ1n) is 10.8. The number of rotatable bonds is 6. The van der Waals surface area contributed by atoms with Gasteiger partial charge in [0.15, 0.2) is 17.5 Å². The van der Waals surface area contributed by atoms with E-state index in [0.717, 1.165) is 28.7 Å². The molecule has 0 radical (unpaired) electrons. The first kappa shape index (κ1) is 22.7. The van der Waals surface area contributed by atoms with E-state index < -0.39 is 29.5 Å². The lowest BCUT2D eigenvalue weighted by Crippen LogP contribution is -2.45. The molecule has 8 heteroatoms. The third-order valence-electron chi connectivity index (χ3n) is 5.70. The van der Waals surface area contributed by atoms with Gasteiger partial charge >= 0.3 is 5.97 Å². The van der Waals surface area contributed by atoms with Crippen LogP contribution in [0.15, 0.2) is 48.5 Å².